The van der Waals surface area contributed by atoms with Crippen molar-refractivity contribution < 1.29 is 9.84 Å². The summed E-state index contributed by atoms with van der Waals surface area (Å²) < 4.78 is 5.73. The molecular formula is C21H36N2O2. The van der Waals surface area contributed by atoms with Crippen molar-refractivity contribution in [3.05, 3.63) is 29.8 Å². The third-order valence-electron chi connectivity index (χ3n) is 5.23. The summed E-state index contributed by atoms with van der Waals surface area (Å²) in [6.45, 7) is 7.52. The number of aliphatic hydroxyl groups is 1. The zero-order chi connectivity index (χ0) is 18.4. The molecule has 1 saturated carbocycles. The Labute approximate surface area is 153 Å². The topological polar surface area (TPSA) is 44.7 Å². The maximum Gasteiger partial charge on any atom is 0.119 e. The Morgan fingerprint density at radius 1 is 1.12 bits per heavy atom. The predicted octanol–water partition coefficient (Wildman–Crippen LogP) is 3.19. The minimum Gasteiger partial charge on any atom is -0.491 e. The van der Waals surface area contributed by atoms with Gasteiger partial charge >= 0.3 is 0 Å². The van der Waals surface area contributed by atoms with Gasteiger partial charge in [-0.05, 0) is 62.9 Å². The molecule has 4 nitrogen and oxygen atoms in total. The molecule has 2 N–H and O–H groups in total. The van der Waals surface area contributed by atoms with Crippen molar-refractivity contribution in [2.75, 3.05) is 27.2 Å². The number of hydrogen-bond donors (Lipinski definition) is 2. The first-order chi connectivity index (χ1) is 11.8. The fourth-order valence-electron chi connectivity index (χ4n) is 3.40. The third-order valence-corrected chi connectivity index (χ3v) is 5.23. The van der Waals surface area contributed by atoms with Crippen LogP contribution in [0, 0.1) is 0 Å². The van der Waals surface area contributed by atoms with Crippen molar-refractivity contribution in [3.63, 3.8) is 0 Å². The highest BCUT2D eigenvalue weighted by Crippen LogP contribution is 2.24. The number of ether oxygens (including phenoxy) is 1. The van der Waals surface area contributed by atoms with Crippen LogP contribution in [0.3, 0.4) is 0 Å². The summed E-state index contributed by atoms with van der Waals surface area (Å²) in [5.74, 6) is 0.818. The molecule has 1 fully saturated rings. The number of aliphatic hydroxyl groups excluding tert-OH is 1. The Balaban J connectivity index is 1.66. The molecule has 25 heavy (non-hydrogen) atoms. The molecule has 4 heteroatoms. The molecule has 0 saturated heterocycles. The average Bonchev–Trinajstić information content (AvgIpc) is 2.58. The lowest BCUT2D eigenvalue weighted by Gasteiger charge is -2.33. The van der Waals surface area contributed by atoms with Gasteiger partial charge in [0.25, 0.3) is 0 Å². The van der Waals surface area contributed by atoms with Crippen LogP contribution in [-0.4, -0.2) is 55.4 Å². The molecule has 0 aliphatic heterocycles. The zero-order valence-electron chi connectivity index (χ0n) is 16.6. The van der Waals surface area contributed by atoms with E-state index in [4.69, 9.17) is 4.74 Å². The predicted molar refractivity (Wildman–Crippen MR) is 104 cm³/mol. The van der Waals surface area contributed by atoms with Gasteiger partial charge in [-0.15, -0.1) is 0 Å². The summed E-state index contributed by atoms with van der Waals surface area (Å²) in [4.78, 5) is 2.32. The first-order valence-electron chi connectivity index (χ1n) is 9.57. The van der Waals surface area contributed by atoms with E-state index in [2.05, 4.69) is 57.2 Å². The lowest BCUT2D eigenvalue weighted by molar-refractivity contribution is 0.0994. The SMILES string of the molecule is CN(C)C1CCC(NCC(O)COc2ccc(C(C)(C)C)cc2)CC1. The maximum absolute atomic E-state index is 10.2. The second-order valence-corrected chi connectivity index (χ2v) is 8.62. The smallest absolute Gasteiger partial charge is 0.119 e. The van der Waals surface area contributed by atoms with Gasteiger partial charge in [-0.3, -0.25) is 0 Å². The van der Waals surface area contributed by atoms with E-state index in [1.54, 1.807) is 0 Å². The number of benzene rings is 1. The van der Waals surface area contributed by atoms with E-state index in [9.17, 15) is 5.11 Å². The second kappa shape index (κ2) is 9.02. The summed E-state index contributed by atoms with van der Waals surface area (Å²) in [6.07, 6.45) is 4.36. The van der Waals surface area contributed by atoms with Crippen molar-refractivity contribution in [1.29, 1.82) is 0 Å². The quantitative estimate of drug-likeness (QED) is 0.794. The number of nitrogens with one attached hydrogen (secondary N) is 1. The van der Waals surface area contributed by atoms with Crippen LogP contribution in [0.2, 0.25) is 0 Å². The van der Waals surface area contributed by atoms with Gasteiger partial charge in [0.15, 0.2) is 0 Å². The Morgan fingerprint density at radius 2 is 1.72 bits per heavy atom. The highest BCUT2D eigenvalue weighted by molar-refractivity contribution is 5.31. The minimum absolute atomic E-state index is 0.146. The lowest BCUT2D eigenvalue weighted by atomic mass is 9.87. The highest BCUT2D eigenvalue weighted by Gasteiger charge is 2.22. The summed E-state index contributed by atoms with van der Waals surface area (Å²) >= 11 is 0. The van der Waals surface area contributed by atoms with E-state index in [-0.39, 0.29) is 5.41 Å². The number of nitrogens with zero attached hydrogens (tertiary/aromatic N) is 1. The summed E-state index contributed by atoms with van der Waals surface area (Å²) in [6, 6.07) is 9.41. The Hall–Kier alpha value is -1.10. The van der Waals surface area contributed by atoms with Crippen LogP contribution in [0.1, 0.15) is 52.0 Å². The molecule has 1 aromatic carbocycles. The average molecular weight is 349 g/mol. The molecule has 0 aromatic heterocycles. The maximum atomic E-state index is 10.2. The van der Waals surface area contributed by atoms with Crippen LogP contribution >= 0.6 is 0 Å². The van der Waals surface area contributed by atoms with Gasteiger partial charge < -0.3 is 20.1 Å². The molecule has 0 heterocycles. The molecule has 0 amide bonds. The molecule has 1 aromatic rings. The van der Waals surface area contributed by atoms with Crippen LogP contribution < -0.4 is 10.1 Å². The molecule has 0 radical (unpaired) electrons. The van der Waals surface area contributed by atoms with Crippen molar-refractivity contribution in [2.45, 2.75) is 70.1 Å². The van der Waals surface area contributed by atoms with Crippen molar-refractivity contribution in [3.8, 4) is 5.75 Å². The van der Waals surface area contributed by atoms with Gasteiger partial charge in [0.2, 0.25) is 0 Å². The first-order valence-corrected chi connectivity index (χ1v) is 9.57. The molecule has 2 rings (SSSR count). The van der Waals surface area contributed by atoms with Crippen LogP contribution in [0.15, 0.2) is 24.3 Å². The fourth-order valence-corrected chi connectivity index (χ4v) is 3.40. The highest BCUT2D eigenvalue weighted by atomic mass is 16.5. The molecule has 1 unspecified atom stereocenters. The van der Waals surface area contributed by atoms with Crippen molar-refractivity contribution >= 4 is 0 Å². The normalized spacial score (nSPS) is 22.8. The van der Waals surface area contributed by atoms with E-state index >= 15 is 0 Å². The molecule has 142 valence electrons. The monoisotopic (exact) mass is 348 g/mol. The van der Waals surface area contributed by atoms with Gasteiger partial charge in [-0.2, -0.15) is 0 Å². The molecule has 1 atom stereocenters. The first kappa shape index (κ1) is 20.2. The third kappa shape index (κ3) is 6.61. The van der Waals surface area contributed by atoms with Crippen LogP contribution in [-0.2, 0) is 5.41 Å². The van der Waals surface area contributed by atoms with Crippen LogP contribution in [0.5, 0.6) is 5.75 Å². The Bertz CT molecular complexity index is 500. The van der Waals surface area contributed by atoms with E-state index < -0.39 is 6.10 Å². The number of hydrogen-bond acceptors (Lipinski definition) is 4. The van der Waals surface area contributed by atoms with Crippen molar-refractivity contribution in [1.82, 2.24) is 10.2 Å². The molecule has 0 bridgehead atoms. The molecule has 0 spiro atoms. The number of rotatable bonds is 7. The van der Waals surface area contributed by atoms with E-state index in [0.717, 1.165) is 5.75 Å². The van der Waals surface area contributed by atoms with Crippen LogP contribution in [0.4, 0.5) is 0 Å². The van der Waals surface area contributed by atoms with Crippen LogP contribution in [0.25, 0.3) is 0 Å². The summed E-state index contributed by atoms with van der Waals surface area (Å²) in [5, 5.41) is 13.7. The summed E-state index contributed by atoms with van der Waals surface area (Å²) in [5.41, 5.74) is 1.43. The van der Waals surface area contributed by atoms with E-state index in [0.29, 0.717) is 25.2 Å². The second-order valence-electron chi connectivity index (χ2n) is 8.62. The molecular weight excluding hydrogens is 312 g/mol. The Morgan fingerprint density at radius 3 is 2.24 bits per heavy atom. The lowest BCUT2D eigenvalue weighted by Crippen LogP contribution is -2.42. The van der Waals surface area contributed by atoms with Gasteiger partial charge in [-0.25, -0.2) is 0 Å². The largest absolute Gasteiger partial charge is 0.491 e. The van der Waals surface area contributed by atoms with Gasteiger partial charge in [0.1, 0.15) is 18.5 Å². The fraction of sp³-hybridized carbons (Fsp3) is 0.714. The van der Waals surface area contributed by atoms with Gasteiger partial charge in [0, 0.05) is 18.6 Å². The Kier molecular flexibility index (Phi) is 7.29. The summed E-state index contributed by atoms with van der Waals surface area (Å²) in [7, 11) is 4.32. The molecule has 1 aliphatic carbocycles. The van der Waals surface area contributed by atoms with E-state index in [1.807, 2.05) is 12.1 Å². The minimum atomic E-state index is -0.478. The zero-order valence-corrected chi connectivity index (χ0v) is 16.6. The van der Waals surface area contributed by atoms with E-state index in [1.165, 1.54) is 31.2 Å². The van der Waals surface area contributed by atoms with Gasteiger partial charge in [-0.1, -0.05) is 32.9 Å². The van der Waals surface area contributed by atoms with Crippen molar-refractivity contribution in [2.24, 2.45) is 0 Å². The molecule has 1 aliphatic rings. The van der Waals surface area contributed by atoms with Gasteiger partial charge in [0.05, 0.1) is 0 Å². The standard InChI is InChI=1S/C21H36N2O2/c1-21(2,3)16-6-12-20(13-7-16)25-15-19(24)14-22-17-8-10-18(11-9-17)23(4)5/h6-7,12-13,17-19,22,24H,8-11,14-15H2,1-5H3.